The van der Waals surface area contributed by atoms with Crippen LogP contribution in [0.25, 0.3) is 0 Å². The zero-order chi connectivity index (χ0) is 10.7. The van der Waals surface area contributed by atoms with Crippen molar-refractivity contribution in [2.24, 2.45) is 0 Å². The van der Waals surface area contributed by atoms with E-state index in [9.17, 15) is 4.79 Å². The minimum Gasteiger partial charge on any atom is -0.452 e. The summed E-state index contributed by atoms with van der Waals surface area (Å²) in [6.45, 7) is 0. The minimum absolute atomic E-state index is 0.133. The molecule has 0 saturated heterocycles. The molecule has 4 heteroatoms. The van der Waals surface area contributed by atoms with Gasteiger partial charge in [-0.1, -0.05) is 6.08 Å². The second kappa shape index (κ2) is 4.49. The number of carbonyl (C=O) groups excluding carboxylic acids is 1. The number of hydrogen-bond acceptors (Lipinski definition) is 3. The third kappa shape index (κ3) is 2.04. The Labute approximate surface area is 93.0 Å². The summed E-state index contributed by atoms with van der Waals surface area (Å²) in [5.74, 6) is 0. The SMILES string of the molecule is COC(=O)N1C=CCCC1c1ccsc1. The molecule has 0 saturated carbocycles. The lowest BCUT2D eigenvalue weighted by Crippen LogP contribution is -2.31. The van der Waals surface area contributed by atoms with E-state index in [1.54, 1.807) is 16.2 Å². The van der Waals surface area contributed by atoms with Gasteiger partial charge in [0.2, 0.25) is 0 Å². The standard InChI is InChI=1S/C11H13NO2S/c1-14-11(13)12-6-3-2-4-10(12)9-5-7-15-8-9/h3,5-8,10H,2,4H2,1H3. The fraction of sp³-hybridized carbons (Fsp3) is 0.364. The molecule has 1 amide bonds. The lowest BCUT2D eigenvalue weighted by Gasteiger charge is -2.29. The number of amides is 1. The van der Waals surface area contributed by atoms with Gasteiger partial charge in [-0.3, -0.25) is 4.90 Å². The van der Waals surface area contributed by atoms with E-state index in [1.807, 2.05) is 17.7 Å². The molecule has 0 bridgehead atoms. The molecule has 0 radical (unpaired) electrons. The van der Waals surface area contributed by atoms with Crippen LogP contribution in [0.2, 0.25) is 0 Å². The van der Waals surface area contributed by atoms with Crippen molar-refractivity contribution in [1.82, 2.24) is 4.90 Å². The fourth-order valence-corrected chi connectivity index (χ4v) is 2.48. The van der Waals surface area contributed by atoms with Gasteiger partial charge in [0.05, 0.1) is 13.2 Å². The predicted molar refractivity (Wildman–Crippen MR) is 59.7 cm³/mol. The number of carbonyl (C=O) groups is 1. The summed E-state index contributed by atoms with van der Waals surface area (Å²) in [6.07, 6.45) is 5.50. The highest BCUT2D eigenvalue weighted by Gasteiger charge is 2.25. The molecule has 0 N–H and O–H groups in total. The highest BCUT2D eigenvalue weighted by Crippen LogP contribution is 2.31. The van der Waals surface area contributed by atoms with Crippen LogP contribution in [-0.4, -0.2) is 18.1 Å². The molecule has 0 spiro atoms. The predicted octanol–water partition coefficient (Wildman–Crippen LogP) is 3.17. The zero-order valence-electron chi connectivity index (χ0n) is 8.55. The van der Waals surface area contributed by atoms with Crippen LogP contribution in [0.4, 0.5) is 4.79 Å². The number of methoxy groups -OCH3 is 1. The summed E-state index contributed by atoms with van der Waals surface area (Å²) in [4.78, 5) is 13.2. The maximum atomic E-state index is 11.5. The maximum Gasteiger partial charge on any atom is 0.414 e. The molecule has 1 aliphatic rings. The van der Waals surface area contributed by atoms with Gasteiger partial charge in [-0.2, -0.15) is 11.3 Å². The average molecular weight is 223 g/mol. The third-order valence-electron chi connectivity index (χ3n) is 2.52. The van der Waals surface area contributed by atoms with Crippen molar-refractivity contribution in [3.8, 4) is 0 Å². The van der Waals surface area contributed by atoms with Crippen molar-refractivity contribution in [2.45, 2.75) is 18.9 Å². The van der Waals surface area contributed by atoms with Crippen LogP contribution in [0.1, 0.15) is 24.4 Å². The number of rotatable bonds is 1. The molecular formula is C11H13NO2S. The van der Waals surface area contributed by atoms with Crippen molar-refractivity contribution < 1.29 is 9.53 Å². The van der Waals surface area contributed by atoms with Crippen LogP contribution >= 0.6 is 11.3 Å². The summed E-state index contributed by atoms with van der Waals surface area (Å²) in [6, 6.07) is 2.19. The normalized spacial score (nSPS) is 20.3. The zero-order valence-corrected chi connectivity index (χ0v) is 9.37. The summed E-state index contributed by atoms with van der Waals surface area (Å²) in [5.41, 5.74) is 1.19. The number of allylic oxidation sites excluding steroid dienone is 1. The van der Waals surface area contributed by atoms with Gasteiger partial charge in [-0.05, 0) is 35.2 Å². The molecule has 2 rings (SSSR count). The molecule has 1 aromatic heterocycles. The number of thiophene rings is 1. The molecular weight excluding hydrogens is 210 g/mol. The minimum atomic E-state index is -0.290. The molecule has 1 atom stereocenters. The van der Waals surface area contributed by atoms with E-state index in [0.717, 1.165) is 12.8 Å². The number of ether oxygens (including phenoxy) is 1. The molecule has 0 aliphatic carbocycles. The van der Waals surface area contributed by atoms with Crippen LogP contribution in [0.15, 0.2) is 29.1 Å². The molecule has 1 aromatic rings. The average Bonchev–Trinajstić information content (AvgIpc) is 2.81. The van der Waals surface area contributed by atoms with E-state index in [2.05, 4.69) is 11.4 Å². The van der Waals surface area contributed by atoms with E-state index >= 15 is 0 Å². The van der Waals surface area contributed by atoms with Crippen molar-refractivity contribution >= 4 is 17.4 Å². The Balaban J connectivity index is 2.22. The molecule has 3 nitrogen and oxygen atoms in total. The van der Waals surface area contributed by atoms with E-state index < -0.39 is 0 Å². The Kier molecular flexibility index (Phi) is 3.06. The van der Waals surface area contributed by atoms with Crippen LogP contribution in [-0.2, 0) is 4.74 Å². The van der Waals surface area contributed by atoms with Crippen molar-refractivity contribution in [3.63, 3.8) is 0 Å². The Morgan fingerprint density at radius 2 is 2.53 bits per heavy atom. The van der Waals surface area contributed by atoms with Crippen molar-refractivity contribution in [3.05, 3.63) is 34.7 Å². The molecule has 0 aromatic carbocycles. The van der Waals surface area contributed by atoms with E-state index in [1.165, 1.54) is 12.7 Å². The Bertz CT molecular complexity index is 359. The molecule has 15 heavy (non-hydrogen) atoms. The van der Waals surface area contributed by atoms with Gasteiger partial charge in [0, 0.05) is 6.20 Å². The lowest BCUT2D eigenvalue weighted by atomic mass is 10.0. The first-order valence-electron chi connectivity index (χ1n) is 4.88. The number of hydrogen-bond donors (Lipinski definition) is 0. The largest absolute Gasteiger partial charge is 0.452 e. The lowest BCUT2D eigenvalue weighted by molar-refractivity contribution is 0.122. The summed E-state index contributed by atoms with van der Waals surface area (Å²) in [5, 5.41) is 4.11. The van der Waals surface area contributed by atoms with Gasteiger partial charge in [-0.25, -0.2) is 4.79 Å². The first-order chi connectivity index (χ1) is 7.33. The molecule has 1 aliphatic heterocycles. The molecule has 0 fully saturated rings. The quantitative estimate of drug-likeness (QED) is 0.732. The van der Waals surface area contributed by atoms with Crippen LogP contribution < -0.4 is 0 Å². The van der Waals surface area contributed by atoms with Gasteiger partial charge in [0.15, 0.2) is 0 Å². The molecule has 1 unspecified atom stereocenters. The Morgan fingerprint density at radius 1 is 1.67 bits per heavy atom. The molecule has 80 valence electrons. The monoisotopic (exact) mass is 223 g/mol. The Morgan fingerprint density at radius 3 is 3.20 bits per heavy atom. The maximum absolute atomic E-state index is 11.5. The van der Waals surface area contributed by atoms with Crippen molar-refractivity contribution in [1.29, 1.82) is 0 Å². The van der Waals surface area contributed by atoms with Gasteiger partial charge >= 0.3 is 6.09 Å². The Hall–Kier alpha value is -1.29. The number of nitrogens with zero attached hydrogens (tertiary/aromatic N) is 1. The van der Waals surface area contributed by atoms with Gasteiger partial charge in [-0.15, -0.1) is 0 Å². The molecule has 2 heterocycles. The summed E-state index contributed by atoms with van der Waals surface area (Å²) in [7, 11) is 1.41. The topological polar surface area (TPSA) is 29.5 Å². The van der Waals surface area contributed by atoms with E-state index in [-0.39, 0.29) is 12.1 Å². The highest BCUT2D eigenvalue weighted by atomic mass is 32.1. The second-order valence-corrected chi connectivity index (χ2v) is 4.19. The summed E-state index contributed by atoms with van der Waals surface area (Å²) >= 11 is 1.65. The van der Waals surface area contributed by atoms with Crippen molar-refractivity contribution in [2.75, 3.05) is 7.11 Å². The van der Waals surface area contributed by atoms with Crippen LogP contribution in [0.5, 0.6) is 0 Å². The van der Waals surface area contributed by atoms with Crippen LogP contribution in [0, 0.1) is 0 Å². The smallest absolute Gasteiger partial charge is 0.414 e. The van der Waals surface area contributed by atoms with E-state index in [0.29, 0.717) is 0 Å². The van der Waals surface area contributed by atoms with Gasteiger partial charge in [0.25, 0.3) is 0 Å². The second-order valence-electron chi connectivity index (χ2n) is 3.41. The highest BCUT2D eigenvalue weighted by molar-refractivity contribution is 7.07. The fourth-order valence-electron chi connectivity index (χ4n) is 1.77. The van der Waals surface area contributed by atoms with Crippen LogP contribution in [0.3, 0.4) is 0 Å². The van der Waals surface area contributed by atoms with Gasteiger partial charge in [0.1, 0.15) is 0 Å². The first-order valence-corrected chi connectivity index (χ1v) is 5.82. The van der Waals surface area contributed by atoms with Gasteiger partial charge < -0.3 is 4.74 Å². The van der Waals surface area contributed by atoms with E-state index in [4.69, 9.17) is 4.74 Å². The first kappa shape index (κ1) is 10.2. The third-order valence-corrected chi connectivity index (χ3v) is 3.22. The summed E-state index contributed by atoms with van der Waals surface area (Å²) < 4.78 is 4.76.